The lowest BCUT2D eigenvalue weighted by Gasteiger charge is -2.23. The molecule has 9 heteroatoms. The molecular formula is C21H22ClFN4O3. The quantitative estimate of drug-likeness (QED) is 0.660. The van der Waals surface area contributed by atoms with Gasteiger partial charge in [-0.05, 0) is 58.4 Å². The first kappa shape index (κ1) is 21.7. The van der Waals surface area contributed by atoms with Crippen molar-refractivity contribution in [3.05, 3.63) is 63.2 Å². The largest absolute Gasteiger partial charge is 0.444 e. The third-order valence-electron chi connectivity index (χ3n) is 4.19. The van der Waals surface area contributed by atoms with Gasteiger partial charge in [0.15, 0.2) is 0 Å². The van der Waals surface area contributed by atoms with E-state index in [0.29, 0.717) is 5.69 Å². The van der Waals surface area contributed by atoms with Crippen molar-refractivity contribution in [3.8, 4) is 5.69 Å². The van der Waals surface area contributed by atoms with Crippen LogP contribution in [0.25, 0.3) is 16.6 Å². The van der Waals surface area contributed by atoms with Crippen LogP contribution in [-0.2, 0) is 4.74 Å². The summed E-state index contributed by atoms with van der Waals surface area (Å²) in [6.07, 6.45) is 2.43. The molecular weight excluding hydrogens is 411 g/mol. The van der Waals surface area contributed by atoms with Crippen molar-refractivity contribution in [1.29, 1.82) is 0 Å². The SMILES string of the molecule is Cc1cncc(-n2c(C(C)NC(=O)OC(C)(C)C)nc3c(F)ccc(Cl)c3c2=O)c1. The Morgan fingerprint density at radius 2 is 2.00 bits per heavy atom. The first-order valence-corrected chi connectivity index (χ1v) is 9.68. The molecule has 0 bridgehead atoms. The Kier molecular flexibility index (Phi) is 5.81. The minimum Gasteiger partial charge on any atom is -0.444 e. The normalized spacial score (nSPS) is 12.6. The van der Waals surface area contributed by atoms with Gasteiger partial charge in [0.25, 0.3) is 5.56 Å². The van der Waals surface area contributed by atoms with Crippen molar-refractivity contribution in [2.75, 3.05) is 0 Å². The molecule has 7 nitrogen and oxygen atoms in total. The fourth-order valence-electron chi connectivity index (χ4n) is 2.98. The molecule has 1 N–H and O–H groups in total. The number of hydrogen-bond donors (Lipinski definition) is 1. The molecule has 30 heavy (non-hydrogen) atoms. The lowest BCUT2D eigenvalue weighted by Crippen LogP contribution is -2.37. The maximum absolute atomic E-state index is 14.5. The highest BCUT2D eigenvalue weighted by Crippen LogP contribution is 2.25. The van der Waals surface area contributed by atoms with E-state index in [-0.39, 0.29) is 21.7 Å². The Bertz CT molecular complexity index is 1190. The first-order chi connectivity index (χ1) is 14.0. The van der Waals surface area contributed by atoms with E-state index in [2.05, 4.69) is 15.3 Å². The standard InChI is InChI=1S/C21H22ClFN4O3/c1-11-8-13(10-24-9-11)27-18(12(2)25-20(29)30-21(3,4)5)26-17-15(23)7-6-14(22)16(17)19(27)28/h6-10,12H,1-5H3,(H,25,29). The van der Waals surface area contributed by atoms with E-state index in [4.69, 9.17) is 16.3 Å². The molecule has 3 aromatic rings. The van der Waals surface area contributed by atoms with Gasteiger partial charge in [-0.1, -0.05) is 11.6 Å². The van der Waals surface area contributed by atoms with Gasteiger partial charge < -0.3 is 10.1 Å². The van der Waals surface area contributed by atoms with Crippen LogP contribution in [0.3, 0.4) is 0 Å². The Morgan fingerprint density at radius 3 is 2.63 bits per heavy atom. The molecule has 0 fully saturated rings. The van der Waals surface area contributed by atoms with Crippen LogP contribution in [0.15, 0.2) is 35.4 Å². The monoisotopic (exact) mass is 432 g/mol. The molecule has 1 amide bonds. The predicted octanol–water partition coefficient (Wildman–Crippen LogP) is 4.47. The van der Waals surface area contributed by atoms with Crippen molar-refractivity contribution in [3.63, 3.8) is 0 Å². The number of fused-ring (bicyclic) bond motifs is 1. The summed E-state index contributed by atoms with van der Waals surface area (Å²) in [6.45, 7) is 8.65. The number of hydrogen-bond acceptors (Lipinski definition) is 5. The van der Waals surface area contributed by atoms with Gasteiger partial charge in [0, 0.05) is 6.20 Å². The second kappa shape index (κ2) is 8.02. The van der Waals surface area contributed by atoms with Crippen LogP contribution in [0.1, 0.15) is 45.1 Å². The summed E-state index contributed by atoms with van der Waals surface area (Å²) in [5, 5.41) is 2.68. The minimum atomic E-state index is -0.782. The third kappa shape index (κ3) is 4.43. The second-order valence-electron chi connectivity index (χ2n) is 7.95. The van der Waals surface area contributed by atoms with E-state index in [1.54, 1.807) is 40.0 Å². The molecule has 1 unspecified atom stereocenters. The fourth-order valence-corrected chi connectivity index (χ4v) is 3.22. The Morgan fingerprint density at radius 1 is 1.30 bits per heavy atom. The Labute approximate surface area is 177 Å². The van der Waals surface area contributed by atoms with Gasteiger partial charge in [0.05, 0.1) is 28.3 Å². The number of nitrogens with one attached hydrogen (secondary N) is 1. The van der Waals surface area contributed by atoms with Crippen LogP contribution in [0.5, 0.6) is 0 Å². The third-order valence-corrected chi connectivity index (χ3v) is 4.50. The molecule has 0 aliphatic carbocycles. The summed E-state index contributed by atoms with van der Waals surface area (Å²) >= 11 is 6.19. The number of aryl methyl sites for hydroxylation is 1. The molecule has 0 aliphatic rings. The van der Waals surface area contributed by atoms with Crippen molar-refractivity contribution in [2.45, 2.75) is 46.3 Å². The van der Waals surface area contributed by atoms with E-state index in [0.717, 1.165) is 11.6 Å². The summed E-state index contributed by atoms with van der Waals surface area (Å²) in [5.41, 5.74) is -0.214. The molecule has 1 aromatic carbocycles. The van der Waals surface area contributed by atoms with Gasteiger partial charge in [0.2, 0.25) is 0 Å². The number of nitrogens with zero attached hydrogens (tertiary/aromatic N) is 3. The van der Waals surface area contributed by atoms with Gasteiger partial charge >= 0.3 is 6.09 Å². The summed E-state index contributed by atoms with van der Waals surface area (Å²) < 4.78 is 21.0. The van der Waals surface area contributed by atoms with E-state index in [9.17, 15) is 14.0 Å². The van der Waals surface area contributed by atoms with Gasteiger partial charge in [-0.25, -0.2) is 14.2 Å². The summed E-state index contributed by atoms with van der Waals surface area (Å²) in [6, 6.07) is 3.41. The van der Waals surface area contributed by atoms with E-state index >= 15 is 0 Å². The number of rotatable bonds is 3. The zero-order valence-electron chi connectivity index (χ0n) is 17.3. The number of halogens is 2. The van der Waals surface area contributed by atoms with Crippen molar-refractivity contribution in [2.24, 2.45) is 0 Å². The Hall–Kier alpha value is -3.00. The number of carbonyl (C=O) groups excluding carboxylic acids is 1. The number of amides is 1. The number of benzene rings is 1. The van der Waals surface area contributed by atoms with E-state index < -0.39 is 29.1 Å². The van der Waals surface area contributed by atoms with Crippen molar-refractivity contribution in [1.82, 2.24) is 19.9 Å². The molecule has 158 valence electrons. The van der Waals surface area contributed by atoms with Crippen LogP contribution in [0, 0.1) is 12.7 Å². The summed E-state index contributed by atoms with van der Waals surface area (Å²) in [4.78, 5) is 34.1. The number of aromatic nitrogens is 3. The summed E-state index contributed by atoms with van der Waals surface area (Å²) in [7, 11) is 0. The zero-order valence-corrected chi connectivity index (χ0v) is 18.0. The molecule has 1 atom stereocenters. The number of ether oxygens (including phenoxy) is 1. The maximum Gasteiger partial charge on any atom is 0.408 e. The van der Waals surface area contributed by atoms with Crippen LogP contribution in [0.4, 0.5) is 9.18 Å². The fraction of sp³-hybridized carbons (Fsp3) is 0.333. The minimum absolute atomic E-state index is 0.0496. The highest BCUT2D eigenvalue weighted by molar-refractivity contribution is 6.35. The molecule has 0 saturated heterocycles. The molecule has 0 aliphatic heterocycles. The molecule has 0 radical (unpaired) electrons. The van der Waals surface area contributed by atoms with Crippen molar-refractivity contribution >= 4 is 28.6 Å². The second-order valence-corrected chi connectivity index (χ2v) is 8.36. The van der Waals surface area contributed by atoms with E-state index in [1.807, 2.05) is 6.92 Å². The van der Waals surface area contributed by atoms with Crippen LogP contribution < -0.4 is 10.9 Å². The predicted molar refractivity (Wildman–Crippen MR) is 113 cm³/mol. The van der Waals surface area contributed by atoms with Crippen LogP contribution in [-0.4, -0.2) is 26.2 Å². The highest BCUT2D eigenvalue weighted by atomic mass is 35.5. The van der Waals surface area contributed by atoms with Crippen LogP contribution >= 0.6 is 11.6 Å². The lowest BCUT2D eigenvalue weighted by molar-refractivity contribution is 0.0505. The average Bonchev–Trinajstić information content (AvgIpc) is 2.62. The lowest BCUT2D eigenvalue weighted by atomic mass is 10.2. The molecule has 0 spiro atoms. The number of pyridine rings is 1. The summed E-state index contributed by atoms with van der Waals surface area (Å²) in [5.74, 6) is -0.571. The zero-order chi connectivity index (χ0) is 22.2. The molecule has 0 saturated carbocycles. The van der Waals surface area contributed by atoms with Gasteiger partial charge in [-0.2, -0.15) is 0 Å². The molecule has 2 aromatic heterocycles. The first-order valence-electron chi connectivity index (χ1n) is 9.30. The highest BCUT2D eigenvalue weighted by Gasteiger charge is 2.24. The average molecular weight is 433 g/mol. The smallest absolute Gasteiger partial charge is 0.408 e. The molecule has 3 rings (SSSR count). The van der Waals surface area contributed by atoms with Crippen molar-refractivity contribution < 1.29 is 13.9 Å². The van der Waals surface area contributed by atoms with Gasteiger partial charge in [-0.15, -0.1) is 0 Å². The van der Waals surface area contributed by atoms with Crippen LogP contribution in [0.2, 0.25) is 5.02 Å². The van der Waals surface area contributed by atoms with Gasteiger partial charge in [-0.3, -0.25) is 14.3 Å². The number of carbonyl (C=O) groups is 1. The Balaban J connectivity index is 2.23. The van der Waals surface area contributed by atoms with E-state index in [1.165, 1.54) is 16.8 Å². The molecule has 2 heterocycles. The van der Waals surface area contributed by atoms with Gasteiger partial charge in [0.1, 0.15) is 22.8 Å². The number of alkyl carbamates (subject to hydrolysis) is 1. The maximum atomic E-state index is 14.5. The topological polar surface area (TPSA) is 86.1 Å².